The number of hydrogen-bond donors (Lipinski definition) is 1. The van der Waals surface area contributed by atoms with Crippen molar-refractivity contribution in [3.05, 3.63) is 54.0 Å². The zero-order valence-corrected chi connectivity index (χ0v) is 16.0. The van der Waals surface area contributed by atoms with Crippen LogP contribution >= 0.6 is 0 Å². The van der Waals surface area contributed by atoms with Crippen LogP contribution < -0.4 is 5.32 Å². The molecule has 5 nitrogen and oxygen atoms in total. The molecule has 1 aromatic carbocycles. The molecule has 0 bridgehead atoms. The minimum atomic E-state index is 0.0182. The number of fused-ring (bicyclic) bond motifs is 1. The third-order valence-electron chi connectivity index (χ3n) is 5.62. The Morgan fingerprint density at radius 3 is 2.70 bits per heavy atom. The Balaban J connectivity index is 1.58. The number of hydrogen-bond acceptors (Lipinski definition) is 3. The Hall–Kier alpha value is -2.69. The highest BCUT2D eigenvalue weighted by Gasteiger charge is 2.23. The highest BCUT2D eigenvalue weighted by atomic mass is 16.1. The summed E-state index contributed by atoms with van der Waals surface area (Å²) >= 11 is 0. The number of carbonyl (C=O) groups excluding carboxylic acids is 1. The minimum absolute atomic E-state index is 0.0182. The van der Waals surface area contributed by atoms with Crippen LogP contribution in [0.1, 0.15) is 55.7 Å². The van der Waals surface area contributed by atoms with Gasteiger partial charge in [-0.3, -0.25) is 9.36 Å². The van der Waals surface area contributed by atoms with Gasteiger partial charge in [0.1, 0.15) is 11.3 Å². The highest BCUT2D eigenvalue weighted by Crippen LogP contribution is 2.24. The van der Waals surface area contributed by atoms with Gasteiger partial charge in [-0.1, -0.05) is 26.7 Å². The van der Waals surface area contributed by atoms with Gasteiger partial charge in [0.05, 0.1) is 0 Å². The van der Waals surface area contributed by atoms with Crippen molar-refractivity contribution in [2.24, 2.45) is 5.92 Å². The lowest BCUT2D eigenvalue weighted by Gasteiger charge is -2.29. The number of aryl methyl sites for hydroxylation is 1. The van der Waals surface area contributed by atoms with Crippen LogP contribution in [0, 0.1) is 5.92 Å². The van der Waals surface area contributed by atoms with Crippen molar-refractivity contribution in [1.29, 1.82) is 0 Å². The van der Waals surface area contributed by atoms with Crippen LogP contribution in [0.25, 0.3) is 16.9 Å². The first-order valence-electron chi connectivity index (χ1n) is 9.91. The molecule has 1 aliphatic rings. The molecule has 1 aliphatic carbocycles. The van der Waals surface area contributed by atoms with Crippen molar-refractivity contribution in [2.75, 3.05) is 0 Å². The highest BCUT2D eigenvalue weighted by molar-refractivity contribution is 5.94. The Labute approximate surface area is 159 Å². The van der Waals surface area contributed by atoms with Gasteiger partial charge in [-0.25, -0.2) is 9.97 Å². The lowest BCUT2D eigenvalue weighted by Crippen LogP contribution is -2.41. The number of rotatable bonds is 4. The topological polar surface area (TPSA) is 59.8 Å². The predicted octanol–water partition coefficient (Wildman–Crippen LogP) is 4.29. The summed E-state index contributed by atoms with van der Waals surface area (Å²) in [5.41, 5.74) is 3.42. The first kappa shape index (κ1) is 17.7. The normalized spacial score (nSPS) is 19.9. The minimum Gasteiger partial charge on any atom is -0.349 e. The van der Waals surface area contributed by atoms with E-state index >= 15 is 0 Å². The van der Waals surface area contributed by atoms with Gasteiger partial charge in [-0.05, 0) is 55.2 Å². The molecule has 5 heteroatoms. The van der Waals surface area contributed by atoms with Gasteiger partial charge in [0.2, 0.25) is 0 Å². The molecular formula is C22H26N4O. The number of nitrogens with zero attached hydrogens (tertiary/aromatic N) is 3. The van der Waals surface area contributed by atoms with Gasteiger partial charge in [0.15, 0.2) is 5.65 Å². The van der Waals surface area contributed by atoms with Crippen molar-refractivity contribution in [1.82, 2.24) is 19.9 Å². The fraction of sp³-hybridized carbons (Fsp3) is 0.409. The van der Waals surface area contributed by atoms with Gasteiger partial charge in [-0.15, -0.1) is 0 Å². The molecule has 2 aromatic heterocycles. The summed E-state index contributed by atoms with van der Waals surface area (Å²) in [6.45, 7) is 4.32. The summed E-state index contributed by atoms with van der Waals surface area (Å²) in [6, 6.07) is 11.9. The zero-order valence-electron chi connectivity index (χ0n) is 16.0. The molecule has 1 N–H and O–H groups in total. The predicted molar refractivity (Wildman–Crippen MR) is 107 cm³/mol. The number of nitrogens with one attached hydrogen (secondary N) is 1. The van der Waals surface area contributed by atoms with Crippen molar-refractivity contribution in [3.8, 4) is 5.69 Å². The molecule has 2 atom stereocenters. The molecule has 0 unspecified atom stereocenters. The standard InChI is InChI=1S/C22H26N4O/c1-3-20-24-19-9-6-14-23-21(19)26(20)17-12-10-16(11-13-17)22(27)25-18-8-5-4-7-15(18)2/h6,9-15,18H,3-5,7-8H2,1-2H3,(H,25,27)/t15-,18-/m0/s1. The van der Waals surface area contributed by atoms with E-state index in [1.165, 1.54) is 19.3 Å². The van der Waals surface area contributed by atoms with Gasteiger partial charge in [0, 0.05) is 29.9 Å². The van der Waals surface area contributed by atoms with Crippen LogP contribution in [-0.2, 0) is 6.42 Å². The van der Waals surface area contributed by atoms with Crippen molar-refractivity contribution in [3.63, 3.8) is 0 Å². The molecule has 140 valence electrons. The maximum atomic E-state index is 12.6. The van der Waals surface area contributed by atoms with Crippen LogP contribution in [-0.4, -0.2) is 26.5 Å². The summed E-state index contributed by atoms with van der Waals surface area (Å²) in [5.74, 6) is 1.54. The summed E-state index contributed by atoms with van der Waals surface area (Å²) < 4.78 is 2.07. The van der Waals surface area contributed by atoms with Gasteiger partial charge in [0.25, 0.3) is 5.91 Å². The average Bonchev–Trinajstić information content (AvgIpc) is 3.08. The second-order valence-electron chi connectivity index (χ2n) is 7.45. The van der Waals surface area contributed by atoms with Crippen LogP contribution in [0.4, 0.5) is 0 Å². The summed E-state index contributed by atoms with van der Waals surface area (Å²) in [5, 5.41) is 3.22. The van der Waals surface area contributed by atoms with E-state index in [2.05, 4.69) is 33.7 Å². The average molecular weight is 362 g/mol. The smallest absolute Gasteiger partial charge is 0.251 e. The summed E-state index contributed by atoms with van der Waals surface area (Å²) in [7, 11) is 0. The Bertz CT molecular complexity index is 945. The molecule has 0 aliphatic heterocycles. The lowest BCUT2D eigenvalue weighted by atomic mass is 9.86. The number of aromatic nitrogens is 3. The van der Waals surface area contributed by atoms with Crippen LogP contribution in [0.2, 0.25) is 0 Å². The first-order valence-corrected chi connectivity index (χ1v) is 9.91. The van der Waals surface area contributed by atoms with E-state index in [1.807, 2.05) is 36.4 Å². The molecule has 27 heavy (non-hydrogen) atoms. The van der Waals surface area contributed by atoms with Crippen molar-refractivity contribution < 1.29 is 4.79 Å². The molecular weight excluding hydrogens is 336 g/mol. The molecule has 0 radical (unpaired) electrons. The lowest BCUT2D eigenvalue weighted by molar-refractivity contribution is 0.0910. The Morgan fingerprint density at radius 2 is 1.96 bits per heavy atom. The van der Waals surface area contributed by atoms with Crippen LogP contribution in [0.15, 0.2) is 42.6 Å². The molecule has 2 heterocycles. The van der Waals surface area contributed by atoms with Crippen molar-refractivity contribution in [2.45, 2.75) is 52.0 Å². The molecule has 1 amide bonds. The molecule has 1 fully saturated rings. The van der Waals surface area contributed by atoms with Crippen LogP contribution in [0.5, 0.6) is 0 Å². The molecule has 1 saturated carbocycles. The van der Waals surface area contributed by atoms with E-state index in [1.54, 1.807) is 6.20 Å². The fourth-order valence-electron chi connectivity index (χ4n) is 4.01. The van der Waals surface area contributed by atoms with E-state index in [0.29, 0.717) is 17.5 Å². The van der Waals surface area contributed by atoms with E-state index < -0.39 is 0 Å². The molecule has 0 spiro atoms. The maximum Gasteiger partial charge on any atom is 0.251 e. The Kier molecular flexibility index (Phi) is 4.92. The quantitative estimate of drug-likeness (QED) is 0.753. The Morgan fingerprint density at radius 1 is 1.19 bits per heavy atom. The van der Waals surface area contributed by atoms with E-state index in [-0.39, 0.29) is 5.91 Å². The molecule has 3 aromatic rings. The zero-order chi connectivity index (χ0) is 18.8. The number of benzene rings is 1. The van der Waals surface area contributed by atoms with E-state index in [9.17, 15) is 4.79 Å². The second-order valence-corrected chi connectivity index (χ2v) is 7.45. The van der Waals surface area contributed by atoms with Crippen LogP contribution in [0.3, 0.4) is 0 Å². The number of amides is 1. The summed E-state index contributed by atoms with van der Waals surface area (Å²) in [6.07, 6.45) is 7.36. The first-order chi connectivity index (χ1) is 13.2. The summed E-state index contributed by atoms with van der Waals surface area (Å²) in [4.78, 5) is 21.8. The van der Waals surface area contributed by atoms with Crippen molar-refractivity contribution >= 4 is 17.1 Å². The molecule has 0 saturated heterocycles. The SMILES string of the molecule is CCc1nc2cccnc2n1-c1ccc(C(=O)N[C@H]2CCCC[C@@H]2C)cc1. The molecule has 4 rings (SSSR count). The van der Waals surface area contributed by atoms with Gasteiger partial charge >= 0.3 is 0 Å². The van der Waals surface area contributed by atoms with E-state index in [4.69, 9.17) is 0 Å². The van der Waals surface area contributed by atoms with Gasteiger partial charge in [-0.2, -0.15) is 0 Å². The number of imidazole rings is 1. The second kappa shape index (κ2) is 7.51. The number of pyridine rings is 1. The number of carbonyl (C=O) groups is 1. The fourth-order valence-corrected chi connectivity index (χ4v) is 4.01. The third-order valence-corrected chi connectivity index (χ3v) is 5.62. The largest absolute Gasteiger partial charge is 0.349 e. The van der Waals surface area contributed by atoms with Gasteiger partial charge < -0.3 is 5.32 Å². The van der Waals surface area contributed by atoms with E-state index in [0.717, 1.165) is 35.5 Å². The monoisotopic (exact) mass is 362 g/mol. The maximum absolute atomic E-state index is 12.6. The third kappa shape index (κ3) is 3.46.